The van der Waals surface area contributed by atoms with E-state index in [1.54, 1.807) is 12.1 Å². The maximum absolute atomic E-state index is 12.5. The van der Waals surface area contributed by atoms with Gasteiger partial charge in [-0.05, 0) is 43.0 Å². The van der Waals surface area contributed by atoms with Crippen molar-refractivity contribution >= 4 is 29.0 Å². The third-order valence-corrected chi connectivity index (χ3v) is 6.03. The van der Waals surface area contributed by atoms with Crippen LogP contribution in [0.3, 0.4) is 0 Å². The molecule has 0 N–H and O–H groups in total. The number of piperidine rings is 1. The standard InChI is InChI=1S/C24H28N4O3/c29-24(12-9-20-7-3-1-4-8-20)27-17-15-25(16-18-27)21-10-11-22(28(30)31)23(19-21)26-13-5-2-6-14-26/h1,3-4,7-12,19H,2,5-6,13-18H2/b12-9+. The molecular weight excluding hydrogens is 392 g/mol. The van der Waals surface area contributed by atoms with Gasteiger partial charge in [0.05, 0.1) is 4.92 Å². The molecule has 2 aliphatic rings. The van der Waals surface area contributed by atoms with E-state index >= 15 is 0 Å². The number of nitro benzene ring substituents is 1. The quantitative estimate of drug-likeness (QED) is 0.416. The number of carbonyl (C=O) groups excluding carboxylic acids is 1. The minimum atomic E-state index is -0.288. The van der Waals surface area contributed by atoms with Crippen molar-refractivity contribution in [2.45, 2.75) is 19.3 Å². The summed E-state index contributed by atoms with van der Waals surface area (Å²) in [6.45, 7) is 4.41. The van der Waals surface area contributed by atoms with Crippen LogP contribution in [0, 0.1) is 10.1 Å². The van der Waals surface area contributed by atoms with Gasteiger partial charge in [0, 0.05) is 57.1 Å². The van der Waals surface area contributed by atoms with Gasteiger partial charge in [0.25, 0.3) is 5.69 Å². The van der Waals surface area contributed by atoms with Crippen molar-refractivity contribution in [2.24, 2.45) is 0 Å². The summed E-state index contributed by atoms with van der Waals surface area (Å²) in [7, 11) is 0. The zero-order valence-electron chi connectivity index (χ0n) is 17.7. The van der Waals surface area contributed by atoms with Gasteiger partial charge in [-0.15, -0.1) is 0 Å². The molecule has 4 rings (SSSR count). The molecule has 2 fully saturated rings. The lowest BCUT2D eigenvalue weighted by Gasteiger charge is -2.36. The topological polar surface area (TPSA) is 69.9 Å². The molecule has 0 saturated carbocycles. The Bertz CT molecular complexity index is 947. The SMILES string of the molecule is O=C(/C=C/c1ccccc1)N1CCN(c2ccc([N+](=O)[O-])c(N3CCCCC3)c2)CC1. The molecule has 1 amide bonds. The maximum Gasteiger partial charge on any atom is 0.292 e. The van der Waals surface area contributed by atoms with E-state index in [2.05, 4.69) is 9.80 Å². The predicted octanol–water partition coefficient (Wildman–Crippen LogP) is 3.95. The van der Waals surface area contributed by atoms with Crippen LogP contribution in [0.4, 0.5) is 17.1 Å². The first-order chi connectivity index (χ1) is 15.1. The molecule has 0 radical (unpaired) electrons. The van der Waals surface area contributed by atoms with Crippen LogP contribution >= 0.6 is 0 Å². The van der Waals surface area contributed by atoms with Crippen LogP contribution in [0.15, 0.2) is 54.6 Å². The van der Waals surface area contributed by atoms with Crippen LogP contribution < -0.4 is 9.80 Å². The summed E-state index contributed by atoms with van der Waals surface area (Å²) in [5.41, 5.74) is 2.88. The lowest BCUT2D eigenvalue weighted by atomic mass is 10.1. The van der Waals surface area contributed by atoms with Crippen LogP contribution in [-0.2, 0) is 4.79 Å². The second-order valence-corrected chi connectivity index (χ2v) is 8.03. The van der Waals surface area contributed by atoms with Crippen LogP contribution in [-0.4, -0.2) is 55.0 Å². The highest BCUT2D eigenvalue weighted by molar-refractivity contribution is 5.92. The van der Waals surface area contributed by atoms with E-state index in [1.165, 1.54) is 6.42 Å². The Balaban J connectivity index is 1.41. The Labute approximate surface area is 182 Å². The molecule has 2 saturated heterocycles. The number of piperazine rings is 1. The van der Waals surface area contributed by atoms with Gasteiger partial charge in [0.2, 0.25) is 5.91 Å². The summed E-state index contributed by atoms with van der Waals surface area (Å²) in [4.78, 5) is 30.0. The van der Waals surface area contributed by atoms with Crippen LogP contribution in [0.2, 0.25) is 0 Å². The van der Waals surface area contributed by atoms with Gasteiger partial charge < -0.3 is 14.7 Å². The zero-order chi connectivity index (χ0) is 21.6. The molecule has 0 atom stereocenters. The van der Waals surface area contributed by atoms with Gasteiger partial charge in [-0.3, -0.25) is 14.9 Å². The molecular formula is C24H28N4O3. The molecule has 2 heterocycles. The summed E-state index contributed by atoms with van der Waals surface area (Å²) in [6, 6.07) is 15.2. The summed E-state index contributed by atoms with van der Waals surface area (Å²) >= 11 is 0. The Hall–Kier alpha value is -3.35. The molecule has 0 aliphatic carbocycles. The zero-order valence-corrected chi connectivity index (χ0v) is 17.7. The Kier molecular flexibility index (Phi) is 6.50. The highest BCUT2D eigenvalue weighted by Crippen LogP contribution is 2.34. The van der Waals surface area contributed by atoms with E-state index < -0.39 is 0 Å². The number of hydrogen-bond acceptors (Lipinski definition) is 5. The molecule has 7 heteroatoms. The van der Waals surface area contributed by atoms with Crippen LogP contribution in [0.1, 0.15) is 24.8 Å². The van der Waals surface area contributed by atoms with Crippen molar-refractivity contribution in [3.63, 3.8) is 0 Å². The molecule has 7 nitrogen and oxygen atoms in total. The summed E-state index contributed by atoms with van der Waals surface area (Å²) < 4.78 is 0. The number of nitrogens with zero attached hydrogens (tertiary/aromatic N) is 4. The number of anilines is 2. The van der Waals surface area contributed by atoms with E-state index in [9.17, 15) is 14.9 Å². The number of benzene rings is 2. The maximum atomic E-state index is 12.5. The van der Waals surface area contributed by atoms with Crippen molar-refractivity contribution in [1.29, 1.82) is 0 Å². The number of nitro groups is 1. The molecule has 2 aliphatic heterocycles. The van der Waals surface area contributed by atoms with E-state index in [4.69, 9.17) is 0 Å². The van der Waals surface area contributed by atoms with Crippen LogP contribution in [0.5, 0.6) is 0 Å². The first-order valence-corrected chi connectivity index (χ1v) is 10.9. The molecule has 162 valence electrons. The fourth-order valence-corrected chi connectivity index (χ4v) is 4.27. The van der Waals surface area contributed by atoms with Gasteiger partial charge in [-0.1, -0.05) is 30.3 Å². The van der Waals surface area contributed by atoms with E-state index in [0.717, 1.165) is 37.2 Å². The monoisotopic (exact) mass is 420 g/mol. The highest BCUT2D eigenvalue weighted by Gasteiger charge is 2.25. The molecule has 0 aromatic heterocycles. The van der Waals surface area contributed by atoms with Crippen LogP contribution in [0.25, 0.3) is 6.08 Å². The van der Waals surface area contributed by atoms with Gasteiger partial charge >= 0.3 is 0 Å². The van der Waals surface area contributed by atoms with Gasteiger partial charge in [0.15, 0.2) is 0 Å². The fourth-order valence-electron chi connectivity index (χ4n) is 4.27. The number of hydrogen-bond donors (Lipinski definition) is 0. The Morgan fingerprint density at radius 3 is 2.26 bits per heavy atom. The highest BCUT2D eigenvalue weighted by atomic mass is 16.6. The molecule has 0 unspecified atom stereocenters. The summed E-state index contributed by atoms with van der Waals surface area (Å²) in [5.74, 6) is 0.0150. The lowest BCUT2D eigenvalue weighted by Crippen LogP contribution is -2.48. The van der Waals surface area contributed by atoms with E-state index in [1.807, 2.05) is 53.4 Å². The minimum Gasteiger partial charge on any atom is -0.368 e. The molecule has 31 heavy (non-hydrogen) atoms. The first kappa shape index (κ1) is 20.9. The molecule has 2 aromatic rings. The molecule has 0 bridgehead atoms. The van der Waals surface area contributed by atoms with Crippen molar-refractivity contribution in [3.8, 4) is 0 Å². The third-order valence-electron chi connectivity index (χ3n) is 6.03. The molecule has 0 spiro atoms. The second-order valence-electron chi connectivity index (χ2n) is 8.03. The fraction of sp³-hybridized carbons (Fsp3) is 0.375. The average molecular weight is 421 g/mol. The second kappa shape index (κ2) is 9.64. The van der Waals surface area contributed by atoms with Gasteiger partial charge in [-0.2, -0.15) is 0 Å². The van der Waals surface area contributed by atoms with Gasteiger partial charge in [0.1, 0.15) is 5.69 Å². The lowest BCUT2D eigenvalue weighted by molar-refractivity contribution is -0.384. The van der Waals surface area contributed by atoms with Crippen molar-refractivity contribution < 1.29 is 9.72 Å². The smallest absolute Gasteiger partial charge is 0.292 e. The largest absolute Gasteiger partial charge is 0.368 e. The summed E-state index contributed by atoms with van der Waals surface area (Å²) in [6.07, 6.45) is 6.79. The van der Waals surface area contributed by atoms with Crippen molar-refractivity contribution in [2.75, 3.05) is 49.1 Å². The number of amides is 1. The van der Waals surface area contributed by atoms with Crippen molar-refractivity contribution in [1.82, 2.24) is 4.90 Å². The van der Waals surface area contributed by atoms with E-state index in [-0.39, 0.29) is 16.5 Å². The number of rotatable bonds is 5. The minimum absolute atomic E-state index is 0.0150. The van der Waals surface area contributed by atoms with Crippen molar-refractivity contribution in [3.05, 3.63) is 70.3 Å². The summed E-state index contributed by atoms with van der Waals surface area (Å²) in [5, 5.41) is 11.5. The molecule has 2 aromatic carbocycles. The Morgan fingerprint density at radius 1 is 0.871 bits per heavy atom. The third kappa shape index (κ3) is 5.05. The average Bonchev–Trinajstić information content (AvgIpc) is 2.83. The predicted molar refractivity (Wildman–Crippen MR) is 123 cm³/mol. The van der Waals surface area contributed by atoms with E-state index in [0.29, 0.717) is 31.9 Å². The normalized spacial score (nSPS) is 17.2. The Morgan fingerprint density at radius 2 is 1.58 bits per heavy atom. The first-order valence-electron chi connectivity index (χ1n) is 10.9. The van der Waals surface area contributed by atoms with Gasteiger partial charge in [-0.25, -0.2) is 0 Å². The number of carbonyl (C=O) groups is 1.